The normalized spacial score (nSPS) is 11.1. The number of hydrogen-bond acceptors (Lipinski definition) is 3. The number of halogens is 3. The Labute approximate surface area is 172 Å². The number of anilines is 2. The summed E-state index contributed by atoms with van der Waals surface area (Å²) in [6.07, 6.45) is 3.31. The van der Waals surface area contributed by atoms with Crippen molar-refractivity contribution in [2.24, 2.45) is 0 Å². The van der Waals surface area contributed by atoms with Gasteiger partial charge in [-0.25, -0.2) is 8.78 Å². The van der Waals surface area contributed by atoms with E-state index in [2.05, 4.69) is 5.32 Å². The Kier molecular flexibility index (Phi) is 6.42. The second-order valence-electron chi connectivity index (χ2n) is 6.43. The number of carbonyl (C=O) groups is 1. The number of hydrogen-bond donors (Lipinski definition) is 2. The first-order valence-corrected chi connectivity index (χ1v) is 9.21. The summed E-state index contributed by atoms with van der Waals surface area (Å²) in [5.74, 6) is -1.64. The van der Waals surface area contributed by atoms with Crippen LogP contribution in [0.3, 0.4) is 0 Å². The summed E-state index contributed by atoms with van der Waals surface area (Å²) in [7, 11) is 0. The van der Waals surface area contributed by atoms with Crippen LogP contribution < -0.4 is 5.32 Å². The summed E-state index contributed by atoms with van der Waals surface area (Å²) in [6.45, 7) is 1.74. The van der Waals surface area contributed by atoms with Crippen molar-refractivity contribution in [3.63, 3.8) is 0 Å². The van der Waals surface area contributed by atoms with Gasteiger partial charge in [-0.15, -0.1) is 0 Å². The minimum atomic E-state index is -0.732. The monoisotopic (exact) mass is 413 g/mol. The third-order valence-corrected chi connectivity index (χ3v) is 4.66. The molecule has 0 aromatic heterocycles. The quantitative estimate of drug-likeness (QED) is 0.494. The summed E-state index contributed by atoms with van der Waals surface area (Å²) in [6, 6.07) is 13.3. The lowest BCUT2D eigenvalue weighted by Gasteiger charge is -2.11. The lowest BCUT2D eigenvalue weighted by molar-refractivity contribution is 0.103. The number of aliphatic hydroxyl groups is 1. The van der Waals surface area contributed by atoms with Crippen LogP contribution in [0, 0.1) is 18.6 Å². The molecule has 0 aliphatic carbocycles. The van der Waals surface area contributed by atoms with Gasteiger partial charge in [-0.3, -0.25) is 4.79 Å². The molecule has 0 saturated carbocycles. The molecule has 29 heavy (non-hydrogen) atoms. The van der Waals surface area contributed by atoms with Crippen molar-refractivity contribution >= 4 is 34.8 Å². The average Bonchev–Trinajstić information content (AvgIpc) is 2.69. The molecule has 0 radical (unpaired) electrons. The molecule has 2 N–H and O–H groups in total. The molecule has 0 fully saturated rings. The van der Waals surface area contributed by atoms with E-state index in [0.717, 1.165) is 23.3 Å². The number of benzene rings is 3. The number of rotatable bonds is 6. The van der Waals surface area contributed by atoms with Crippen molar-refractivity contribution in [3.8, 4) is 0 Å². The van der Waals surface area contributed by atoms with Gasteiger partial charge in [-0.1, -0.05) is 35.9 Å². The van der Waals surface area contributed by atoms with Gasteiger partial charge in [0.25, 0.3) is 0 Å². The van der Waals surface area contributed by atoms with E-state index in [-0.39, 0.29) is 23.1 Å². The molecule has 0 heterocycles. The number of nitrogens with one attached hydrogen (secondary N) is 1. The Bertz CT molecular complexity index is 1100. The Hall–Kier alpha value is -3.02. The molecule has 3 aromatic rings. The Balaban J connectivity index is 1.88. The van der Waals surface area contributed by atoms with Crippen LogP contribution in [-0.2, 0) is 0 Å². The lowest BCUT2D eigenvalue weighted by atomic mass is 9.96. The van der Waals surface area contributed by atoms with Gasteiger partial charge in [0.1, 0.15) is 11.6 Å². The SMILES string of the molecule is Cc1ccc(C=CCO)cc1C(=O)c1ccc(Nc2ccc(F)cc2F)cc1Cl. The highest BCUT2D eigenvalue weighted by Gasteiger charge is 2.16. The van der Waals surface area contributed by atoms with Crippen molar-refractivity contribution in [1.29, 1.82) is 0 Å². The molecular formula is C23H18ClF2NO2. The van der Waals surface area contributed by atoms with E-state index in [1.54, 1.807) is 30.4 Å². The number of ketones is 1. The summed E-state index contributed by atoms with van der Waals surface area (Å²) < 4.78 is 26.9. The highest BCUT2D eigenvalue weighted by Crippen LogP contribution is 2.28. The van der Waals surface area contributed by atoms with E-state index in [1.165, 1.54) is 12.1 Å². The third kappa shape index (κ3) is 4.88. The van der Waals surface area contributed by atoms with Crippen LogP contribution in [-0.4, -0.2) is 17.5 Å². The maximum Gasteiger partial charge on any atom is 0.194 e. The zero-order valence-electron chi connectivity index (χ0n) is 15.5. The van der Waals surface area contributed by atoms with Gasteiger partial charge in [-0.2, -0.15) is 0 Å². The molecule has 6 heteroatoms. The third-order valence-electron chi connectivity index (χ3n) is 4.35. The summed E-state index contributed by atoms with van der Waals surface area (Å²) in [5.41, 5.74) is 2.95. The summed E-state index contributed by atoms with van der Waals surface area (Å²) >= 11 is 6.32. The van der Waals surface area contributed by atoms with Crippen LogP contribution in [0.5, 0.6) is 0 Å². The van der Waals surface area contributed by atoms with Crippen molar-refractivity contribution < 1.29 is 18.7 Å². The van der Waals surface area contributed by atoms with E-state index in [0.29, 0.717) is 16.8 Å². The van der Waals surface area contributed by atoms with Crippen LogP contribution in [0.1, 0.15) is 27.0 Å². The molecule has 0 bridgehead atoms. The van der Waals surface area contributed by atoms with Gasteiger partial charge in [-0.05, 0) is 54.4 Å². The molecule has 0 atom stereocenters. The highest BCUT2D eigenvalue weighted by molar-refractivity contribution is 6.35. The van der Waals surface area contributed by atoms with Gasteiger partial charge < -0.3 is 10.4 Å². The van der Waals surface area contributed by atoms with Crippen LogP contribution in [0.15, 0.2) is 60.7 Å². The van der Waals surface area contributed by atoms with Crippen molar-refractivity contribution in [2.45, 2.75) is 6.92 Å². The van der Waals surface area contributed by atoms with Crippen molar-refractivity contribution in [2.75, 3.05) is 11.9 Å². The van der Waals surface area contributed by atoms with Crippen LogP contribution in [0.25, 0.3) is 6.08 Å². The molecule has 0 unspecified atom stereocenters. The topological polar surface area (TPSA) is 49.3 Å². The molecule has 0 amide bonds. The van der Waals surface area contributed by atoms with Gasteiger partial charge in [0.05, 0.1) is 17.3 Å². The molecule has 3 rings (SSSR count). The van der Waals surface area contributed by atoms with Crippen LogP contribution in [0.4, 0.5) is 20.2 Å². The predicted molar refractivity (Wildman–Crippen MR) is 112 cm³/mol. The fraction of sp³-hybridized carbons (Fsp3) is 0.0870. The molecule has 3 aromatic carbocycles. The van der Waals surface area contributed by atoms with Gasteiger partial charge in [0, 0.05) is 22.9 Å². The lowest BCUT2D eigenvalue weighted by Crippen LogP contribution is -2.05. The molecular weight excluding hydrogens is 396 g/mol. The zero-order chi connectivity index (χ0) is 21.0. The van der Waals surface area contributed by atoms with Crippen LogP contribution >= 0.6 is 11.6 Å². The summed E-state index contributed by atoms with van der Waals surface area (Å²) in [4.78, 5) is 13.0. The minimum absolute atomic E-state index is 0.0912. The number of aliphatic hydroxyl groups excluding tert-OH is 1. The Morgan fingerprint density at radius 2 is 1.86 bits per heavy atom. The van der Waals surface area contributed by atoms with E-state index in [9.17, 15) is 13.6 Å². The molecule has 148 valence electrons. The number of aryl methyl sites for hydroxylation is 1. The van der Waals surface area contributed by atoms with Gasteiger partial charge in [0.2, 0.25) is 0 Å². The van der Waals surface area contributed by atoms with E-state index >= 15 is 0 Å². The predicted octanol–water partition coefficient (Wildman–Crippen LogP) is 5.91. The minimum Gasteiger partial charge on any atom is -0.392 e. The second kappa shape index (κ2) is 8.99. The van der Waals surface area contributed by atoms with Crippen LogP contribution in [0.2, 0.25) is 5.02 Å². The fourth-order valence-electron chi connectivity index (χ4n) is 2.85. The fourth-order valence-corrected chi connectivity index (χ4v) is 3.11. The average molecular weight is 414 g/mol. The molecule has 0 aliphatic rings. The first-order chi connectivity index (χ1) is 13.9. The van der Waals surface area contributed by atoms with Gasteiger partial charge >= 0.3 is 0 Å². The maximum absolute atomic E-state index is 13.8. The molecule has 0 saturated heterocycles. The first kappa shape index (κ1) is 20.7. The Morgan fingerprint density at radius 3 is 2.55 bits per heavy atom. The largest absolute Gasteiger partial charge is 0.392 e. The smallest absolute Gasteiger partial charge is 0.194 e. The van der Waals surface area contributed by atoms with E-state index in [1.807, 2.05) is 19.1 Å². The van der Waals surface area contributed by atoms with Crippen molar-refractivity contribution in [1.82, 2.24) is 0 Å². The van der Waals surface area contributed by atoms with Gasteiger partial charge in [0.15, 0.2) is 5.78 Å². The molecule has 0 spiro atoms. The standard InChI is InChI=1S/C23H18ClF2NO2/c1-14-4-5-15(3-2-10-28)11-19(14)23(29)18-8-7-17(13-20(18)24)27-22-9-6-16(25)12-21(22)26/h2-9,11-13,27-28H,10H2,1H3. The second-order valence-corrected chi connectivity index (χ2v) is 6.84. The Morgan fingerprint density at radius 1 is 1.07 bits per heavy atom. The van der Waals surface area contributed by atoms with E-state index in [4.69, 9.17) is 16.7 Å². The van der Waals surface area contributed by atoms with E-state index < -0.39 is 11.6 Å². The van der Waals surface area contributed by atoms with Crippen molar-refractivity contribution in [3.05, 3.63) is 99.6 Å². The maximum atomic E-state index is 13.8. The number of carbonyl (C=O) groups excluding carboxylic acids is 1. The highest BCUT2D eigenvalue weighted by atomic mass is 35.5. The first-order valence-electron chi connectivity index (χ1n) is 8.83. The molecule has 0 aliphatic heterocycles. The summed E-state index contributed by atoms with van der Waals surface area (Å²) in [5, 5.41) is 11.9. The molecule has 3 nitrogen and oxygen atoms in total. The zero-order valence-corrected chi connectivity index (χ0v) is 16.3.